The summed E-state index contributed by atoms with van der Waals surface area (Å²) < 4.78 is -1.12. The first-order chi connectivity index (χ1) is 7.26. The normalized spacial score (nSPS) is 16.5. The molecular weight excluding hydrogens is 224 g/mol. The fourth-order valence-corrected chi connectivity index (χ4v) is 1.50. The van der Waals surface area contributed by atoms with Gasteiger partial charge in [0.15, 0.2) is 0 Å². The van der Waals surface area contributed by atoms with Gasteiger partial charge in [0.25, 0.3) is 0 Å². The predicted molar refractivity (Wildman–Crippen MR) is 66.8 cm³/mol. The van der Waals surface area contributed by atoms with Gasteiger partial charge in [0.05, 0.1) is 0 Å². The smallest absolute Gasteiger partial charge is 0.319 e. The highest BCUT2D eigenvalue weighted by atomic mass is 32.1. The van der Waals surface area contributed by atoms with E-state index < -0.39 is 10.7 Å². The molecule has 2 atom stereocenters. The van der Waals surface area contributed by atoms with E-state index in [-0.39, 0.29) is 5.92 Å². The molecule has 0 bridgehead atoms. The van der Waals surface area contributed by atoms with Gasteiger partial charge in [-0.3, -0.25) is 4.79 Å². The van der Waals surface area contributed by atoms with Crippen molar-refractivity contribution in [1.29, 1.82) is 0 Å². The van der Waals surface area contributed by atoms with E-state index in [1.54, 1.807) is 13.1 Å². The summed E-state index contributed by atoms with van der Waals surface area (Å²) in [5.74, 6) is -0.731. The third-order valence-corrected chi connectivity index (χ3v) is 3.49. The highest BCUT2D eigenvalue weighted by Crippen LogP contribution is 2.33. The van der Waals surface area contributed by atoms with Gasteiger partial charge in [0, 0.05) is 12.1 Å². The molecule has 0 fully saturated rings. The van der Waals surface area contributed by atoms with E-state index in [1.165, 1.54) is 0 Å². The lowest BCUT2D eigenvalue weighted by Gasteiger charge is -2.26. The van der Waals surface area contributed by atoms with Crippen LogP contribution in [0.4, 0.5) is 5.82 Å². The van der Waals surface area contributed by atoms with Gasteiger partial charge in [-0.15, -0.1) is 0 Å². The quantitative estimate of drug-likeness (QED) is 0.705. The van der Waals surface area contributed by atoms with Gasteiger partial charge >= 0.3 is 5.97 Å². The molecule has 1 aromatic rings. The highest BCUT2D eigenvalue weighted by Gasteiger charge is 2.36. The van der Waals surface area contributed by atoms with Crippen LogP contribution in [0, 0.1) is 6.92 Å². The molecule has 1 rings (SSSR count). The Hall–Kier alpha value is -1.23. The minimum absolute atomic E-state index is 0.250. The maximum atomic E-state index is 11.1. The number of carboxylic acids is 1. The van der Waals surface area contributed by atoms with Crippen molar-refractivity contribution in [3.8, 4) is 0 Å². The minimum Gasteiger partial charge on any atom is -0.480 e. The molecule has 0 spiro atoms. The van der Waals surface area contributed by atoms with E-state index in [1.807, 2.05) is 19.9 Å². The fourth-order valence-electron chi connectivity index (χ4n) is 1.35. The van der Waals surface area contributed by atoms with Crippen LogP contribution in [0.3, 0.4) is 0 Å². The highest BCUT2D eigenvalue weighted by molar-refractivity contribution is 7.82. The monoisotopic (exact) mass is 240 g/mol. The Morgan fingerprint density at radius 3 is 2.69 bits per heavy atom. The Balaban J connectivity index is 3.10. The van der Waals surface area contributed by atoms with Crippen molar-refractivity contribution in [2.75, 3.05) is 5.73 Å². The van der Waals surface area contributed by atoms with E-state index in [2.05, 4.69) is 17.6 Å². The number of rotatable bonds is 3. The molecule has 1 aromatic heterocycles. The first-order valence-electron chi connectivity index (χ1n) is 4.94. The number of nitrogens with zero attached hydrogens (tertiary/aromatic N) is 1. The Kier molecular flexibility index (Phi) is 3.48. The summed E-state index contributed by atoms with van der Waals surface area (Å²) in [5, 5.41) is 9.08. The molecule has 0 radical (unpaired) electrons. The molecule has 0 saturated carbocycles. The molecule has 0 amide bonds. The summed E-state index contributed by atoms with van der Waals surface area (Å²) in [5.41, 5.74) is 7.28. The second kappa shape index (κ2) is 4.33. The standard InChI is InChI=1S/C11H16N2O2S/c1-6-4-8(5-13-9(6)12)7(2)11(3,16)10(14)15/h4-5,7,16H,1-3H3,(H2,12,13)(H,14,15). The van der Waals surface area contributed by atoms with Crippen LogP contribution < -0.4 is 5.73 Å². The third kappa shape index (κ3) is 2.29. The van der Waals surface area contributed by atoms with E-state index in [4.69, 9.17) is 10.8 Å². The fraction of sp³-hybridized carbons (Fsp3) is 0.455. The topological polar surface area (TPSA) is 76.2 Å². The summed E-state index contributed by atoms with van der Waals surface area (Å²) in [6, 6.07) is 1.85. The lowest BCUT2D eigenvalue weighted by Crippen LogP contribution is -2.34. The molecule has 1 heterocycles. The lowest BCUT2D eigenvalue weighted by molar-refractivity contribution is -0.139. The maximum Gasteiger partial charge on any atom is 0.319 e. The van der Waals surface area contributed by atoms with Crippen molar-refractivity contribution in [2.45, 2.75) is 31.4 Å². The third-order valence-electron chi connectivity index (χ3n) is 2.92. The number of nitrogens with two attached hydrogens (primary N) is 1. The molecule has 0 aliphatic carbocycles. The summed E-state index contributed by atoms with van der Waals surface area (Å²) in [4.78, 5) is 15.1. The molecular formula is C11H16N2O2S. The van der Waals surface area contributed by atoms with Crippen LogP contribution in [-0.4, -0.2) is 20.8 Å². The number of anilines is 1. The summed E-state index contributed by atoms with van der Waals surface area (Å²) in [7, 11) is 0. The SMILES string of the molecule is Cc1cc(C(C)C(C)(S)C(=O)O)cnc1N. The van der Waals surface area contributed by atoms with Gasteiger partial charge in [-0.05, 0) is 25.0 Å². The van der Waals surface area contributed by atoms with E-state index in [0.29, 0.717) is 5.82 Å². The minimum atomic E-state index is -1.12. The summed E-state index contributed by atoms with van der Waals surface area (Å²) >= 11 is 4.19. The van der Waals surface area contributed by atoms with Crippen molar-refractivity contribution in [1.82, 2.24) is 4.98 Å². The number of hydrogen-bond acceptors (Lipinski definition) is 4. The van der Waals surface area contributed by atoms with Crippen LogP contribution in [-0.2, 0) is 4.79 Å². The van der Waals surface area contributed by atoms with Gasteiger partial charge < -0.3 is 10.8 Å². The molecule has 0 aromatic carbocycles. The van der Waals surface area contributed by atoms with Crippen LogP contribution in [0.5, 0.6) is 0 Å². The van der Waals surface area contributed by atoms with Gasteiger partial charge in [0.2, 0.25) is 0 Å². The predicted octanol–water partition coefficient (Wildman–Crippen LogP) is 1.85. The molecule has 2 unspecified atom stereocenters. The van der Waals surface area contributed by atoms with Crippen molar-refractivity contribution in [2.24, 2.45) is 0 Å². The second-order valence-corrected chi connectivity index (χ2v) is 5.07. The molecule has 88 valence electrons. The number of aromatic nitrogens is 1. The maximum absolute atomic E-state index is 11.1. The number of aryl methyl sites for hydroxylation is 1. The van der Waals surface area contributed by atoms with Gasteiger partial charge in [-0.1, -0.05) is 13.0 Å². The second-order valence-electron chi connectivity index (χ2n) is 4.15. The molecule has 0 saturated heterocycles. The van der Waals surface area contributed by atoms with E-state index >= 15 is 0 Å². The van der Waals surface area contributed by atoms with Crippen LogP contribution >= 0.6 is 12.6 Å². The number of aliphatic carboxylic acids is 1. The van der Waals surface area contributed by atoms with Crippen molar-refractivity contribution < 1.29 is 9.90 Å². The number of carboxylic acid groups (broad SMARTS) is 1. The van der Waals surface area contributed by atoms with Crippen LogP contribution in [0.25, 0.3) is 0 Å². The van der Waals surface area contributed by atoms with Gasteiger partial charge in [0.1, 0.15) is 10.6 Å². The average Bonchev–Trinajstić information content (AvgIpc) is 2.20. The number of carbonyl (C=O) groups is 1. The van der Waals surface area contributed by atoms with E-state index in [9.17, 15) is 4.79 Å². The molecule has 3 N–H and O–H groups in total. The zero-order valence-electron chi connectivity index (χ0n) is 9.56. The van der Waals surface area contributed by atoms with Crippen LogP contribution in [0.1, 0.15) is 30.9 Å². The molecule has 0 aliphatic rings. The molecule has 4 nitrogen and oxygen atoms in total. The first kappa shape index (κ1) is 12.8. The number of nitrogen functional groups attached to an aromatic ring is 1. The molecule has 16 heavy (non-hydrogen) atoms. The first-order valence-corrected chi connectivity index (χ1v) is 5.39. The zero-order valence-corrected chi connectivity index (χ0v) is 10.5. The largest absolute Gasteiger partial charge is 0.480 e. The van der Waals surface area contributed by atoms with E-state index in [0.717, 1.165) is 11.1 Å². The Bertz CT molecular complexity index is 418. The number of pyridine rings is 1. The summed E-state index contributed by atoms with van der Waals surface area (Å²) in [6.45, 7) is 5.23. The van der Waals surface area contributed by atoms with Gasteiger partial charge in [-0.25, -0.2) is 4.98 Å². The van der Waals surface area contributed by atoms with Crippen molar-refractivity contribution in [3.05, 3.63) is 23.4 Å². The van der Waals surface area contributed by atoms with Crippen LogP contribution in [0.2, 0.25) is 0 Å². The summed E-state index contributed by atoms with van der Waals surface area (Å²) in [6.07, 6.45) is 1.60. The lowest BCUT2D eigenvalue weighted by atomic mass is 9.88. The molecule has 5 heteroatoms. The average molecular weight is 240 g/mol. The van der Waals surface area contributed by atoms with Crippen molar-refractivity contribution >= 4 is 24.4 Å². The Morgan fingerprint density at radius 1 is 1.69 bits per heavy atom. The Labute approximate surface area is 100 Å². The molecule has 0 aliphatic heterocycles. The van der Waals surface area contributed by atoms with Gasteiger partial charge in [-0.2, -0.15) is 12.6 Å². The Morgan fingerprint density at radius 2 is 2.25 bits per heavy atom. The van der Waals surface area contributed by atoms with Crippen molar-refractivity contribution in [3.63, 3.8) is 0 Å². The number of hydrogen-bond donors (Lipinski definition) is 3. The zero-order chi connectivity index (χ0) is 12.5. The van der Waals surface area contributed by atoms with Crippen LogP contribution in [0.15, 0.2) is 12.3 Å². The number of thiol groups is 1.